The average molecular weight is 349 g/mol. The molecule has 134 valence electrons. The van der Waals surface area contributed by atoms with Crippen LogP contribution in [0, 0.1) is 10.1 Å². The molecule has 2 amide bonds. The molecule has 0 fully saturated rings. The van der Waals surface area contributed by atoms with Crippen LogP contribution in [0.4, 0.5) is 10.5 Å². The molecule has 2 rings (SSSR count). The molecule has 2 N–H and O–H groups in total. The van der Waals surface area contributed by atoms with Gasteiger partial charge in [0.25, 0.3) is 5.69 Å². The summed E-state index contributed by atoms with van der Waals surface area (Å²) >= 11 is 0. The number of nitrogens with zero attached hydrogens (tertiary/aromatic N) is 1. The summed E-state index contributed by atoms with van der Waals surface area (Å²) in [5.41, 5.74) is 0.568. The van der Waals surface area contributed by atoms with E-state index in [1.807, 2.05) is 6.92 Å². The van der Waals surface area contributed by atoms with Crippen molar-refractivity contribution in [3.63, 3.8) is 0 Å². The molecule has 1 aromatic rings. The van der Waals surface area contributed by atoms with Gasteiger partial charge in [0.2, 0.25) is 0 Å². The van der Waals surface area contributed by atoms with E-state index in [0.29, 0.717) is 23.4 Å². The highest BCUT2D eigenvalue weighted by Crippen LogP contribution is 2.20. The van der Waals surface area contributed by atoms with Crippen LogP contribution in [0.2, 0.25) is 0 Å². The first-order valence-electron chi connectivity index (χ1n) is 7.81. The predicted octanol–water partition coefficient (Wildman–Crippen LogP) is 1.88. The Labute approximate surface area is 144 Å². The number of non-ortho nitro benzene ring substituents is 1. The molecule has 1 aliphatic rings. The van der Waals surface area contributed by atoms with Gasteiger partial charge in [0.15, 0.2) is 0 Å². The number of hydrogen-bond donors (Lipinski definition) is 2. The molecule has 0 aliphatic carbocycles. The molecule has 0 spiro atoms. The number of carbonyl (C=O) groups is 2. The third kappa shape index (κ3) is 4.46. The van der Waals surface area contributed by atoms with E-state index < -0.39 is 23.0 Å². The van der Waals surface area contributed by atoms with Crippen molar-refractivity contribution in [2.45, 2.75) is 26.3 Å². The lowest BCUT2D eigenvalue weighted by atomic mass is 10.0. The molecule has 0 aromatic heterocycles. The minimum Gasteiger partial charge on any atom is -0.487 e. The number of hydrogen-bond acceptors (Lipinski definition) is 6. The maximum Gasteiger partial charge on any atom is 0.338 e. The van der Waals surface area contributed by atoms with Crippen LogP contribution in [0.1, 0.15) is 20.3 Å². The average Bonchev–Trinajstić information content (AvgIpc) is 2.59. The molecule has 0 saturated carbocycles. The van der Waals surface area contributed by atoms with Crippen LogP contribution in [0.5, 0.6) is 5.75 Å². The summed E-state index contributed by atoms with van der Waals surface area (Å²) in [6, 6.07) is 4.62. The Bertz CT molecular complexity index is 698. The van der Waals surface area contributed by atoms with Gasteiger partial charge in [-0.2, -0.15) is 0 Å². The quantitative estimate of drug-likeness (QED) is 0.440. The van der Waals surface area contributed by atoms with E-state index in [2.05, 4.69) is 10.6 Å². The van der Waals surface area contributed by atoms with Crippen molar-refractivity contribution in [1.29, 1.82) is 0 Å². The minimum absolute atomic E-state index is 0.0556. The smallest absolute Gasteiger partial charge is 0.338 e. The summed E-state index contributed by atoms with van der Waals surface area (Å²) in [7, 11) is 0. The van der Waals surface area contributed by atoms with Crippen molar-refractivity contribution < 1.29 is 24.0 Å². The van der Waals surface area contributed by atoms with E-state index in [0.717, 1.165) is 0 Å². The number of urea groups is 1. The Morgan fingerprint density at radius 3 is 2.52 bits per heavy atom. The van der Waals surface area contributed by atoms with Crippen LogP contribution in [-0.4, -0.2) is 36.2 Å². The van der Waals surface area contributed by atoms with Gasteiger partial charge in [0.05, 0.1) is 28.8 Å². The maximum absolute atomic E-state index is 12.2. The third-order valence-electron chi connectivity index (χ3n) is 3.58. The zero-order valence-electron chi connectivity index (χ0n) is 13.9. The number of nitrogens with one attached hydrogen (secondary N) is 2. The maximum atomic E-state index is 12.2. The molecule has 25 heavy (non-hydrogen) atoms. The third-order valence-corrected chi connectivity index (χ3v) is 3.58. The topological polar surface area (TPSA) is 120 Å². The summed E-state index contributed by atoms with van der Waals surface area (Å²) in [6.45, 7) is 3.67. The van der Waals surface area contributed by atoms with Gasteiger partial charge < -0.3 is 20.1 Å². The second-order valence-corrected chi connectivity index (χ2v) is 5.21. The minimum atomic E-state index is -0.524. The molecule has 9 heteroatoms. The monoisotopic (exact) mass is 349 g/mol. The number of nitro groups is 1. The van der Waals surface area contributed by atoms with E-state index in [9.17, 15) is 19.7 Å². The van der Waals surface area contributed by atoms with Crippen LogP contribution >= 0.6 is 0 Å². The number of nitro benzene ring substituents is 1. The summed E-state index contributed by atoms with van der Waals surface area (Å²) in [5, 5.41) is 15.9. The Hall–Kier alpha value is -3.10. The van der Waals surface area contributed by atoms with Gasteiger partial charge in [-0.15, -0.1) is 0 Å². The molecule has 0 bridgehead atoms. The van der Waals surface area contributed by atoms with Crippen molar-refractivity contribution in [1.82, 2.24) is 10.6 Å². The Kier molecular flexibility index (Phi) is 5.93. The lowest BCUT2D eigenvalue weighted by Crippen LogP contribution is -2.51. The normalized spacial score (nSPS) is 16.7. The van der Waals surface area contributed by atoms with Crippen molar-refractivity contribution in [3.05, 3.63) is 45.6 Å². The highest BCUT2D eigenvalue weighted by Gasteiger charge is 2.31. The molecule has 1 atom stereocenters. The number of benzene rings is 1. The van der Waals surface area contributed by atoms with E-state index in [1.54, 1.807) is 6.92 Å². The van der Waals surface area contributed by atoms with Gasteiger partial charge >= 0.3 is 12.0 Å². The van der Waals surface area contributed by atoms with E-state index >= 15 is 0 Å². The zero-order valence-corrected chi connectivity index (χ0v) is 13.9. The Morgan fingerprint density at radius 2 is 1.96 bits per heavy atom. The molecular weight excluding hydrogens is 330 g/mol. The molecule has 1 aliphatic heterocycles. The zero-order chi connectivity index (χ0) is 18.4. The Balaban J connectivity index is 2.20. The van der Waals surface area contributed by atoms with Crippen molar-refractivity contribution in [3.8, 4) is 5.75 Å². The predicted molar refractivity (Wildman–Crippen MR) is 88.0 cm³/mol. The first kappa shape index (κ1) is 18.2. The summed E-state index contributed by atoms with van der Waals surface area (Å²) in [4.78, 5) is 34.1. The molecule has 1 aromatic carbocycles. The van der Waals surface area contributed by atoms with Crippen molar-refractivity contribution in [2.75, 3.05) is 13.2 Å². The lowest BCUT2D eigenvalue weighted by Gasteiger charge is -2.28. The van der Waals surface area contributed by atoms with Crippen LogP contribution in [0.15, 0.2) is 35.5 Å². The van der Waals surface area contributed by atoms with Crippen molar-refractivity contribution in [2.24, 2.45) is 0 Å². The van der Waals surface area contributed by atoms with Gasteiger partial charge in [-0.25, -0.2) is 9.59 Å². The van der Waals surface area contributed by atoms with E-state index in [1.165, 1.54) is 24.3 Å². The molecule has 9 nitrogen and oxygen atoms in total. The first-order chi connectivity index (χ1) is 12.0. The van der Waals surface area contributed by atoms with Crippen molar-refractivity contribution >= 4 is 17.7 Å². The van der Waals surface area contributed by atoms with Crippen LogP contribution in [-0.2, 0) is 9.53 Å². The molecular formula is C16H19N3O6. The van der Waals surface area contributed by atoms with Gasteiger partial charge in [-0.3, -0.25) is 10.1 Å². The van der Waals surface area contributed by atoms with Crippen LogP contribution < -0.4 is 15.4 Å². The SMILES string of the molecule is CCOC(=O)C1=C(COc2ccc([N+](=O)[O-])cc2)NC(=O)NC1CC. The number of rotatable bonds is 7. The molecule has 0 radical (unpaired) electrons. The van der Waals surface area contributed by atoms with E-state index in [4.69, 9.17) is 9.47 Å². The first-order valence-corrected chi connectivity index (χ1v) is 7.81. The highest BCUT2D eigenvalue weighted by atomic mass is 16.6. The lowest BCUT2D eigenvalue weighted by molar-refractivity contribution is -0.384. The van der Waals surface area contributed by atoms with Crippen LogP contribution in [0.25, 0.3) is 0 Å². The van der Waals surface area contributed by atoms with Gasteiger partial charge in [-0.05, 0) is 25.5 Å². The fraction of sp³-hybridized carbons (Fsp3) is 0.375. The largest absolute Gasteiger partial charge is 0.487 e. The number of amides is 2. The van der Waals surface area contributed by atoms with Gasteiger partial charge in [0.1, 0.15) is 12.4 Å². The number of esters is 1. The molecule has 1 heterocycles. The fourth-order valence-electron chi connectivity index (χ4n) is 2.40. The summed E-state index contributed by atoms with van der Waals surface area (Å²) in [6.07, 6.45) is 0.516. The van der Waals surface area contributed by atoms with Gasteiger partial charge in [-0.1, -0.05) is 6.92 Å². The summed E-state index contributed by atoms with van der Waals surface area (Å²) < 4.78 is 10.6. The van der Waals surface area contributed by atoms with Gasteiger partial charge in [0, 0.05) is 12.1 Å². The molecule has 0 saturated heterocycles. The van der Waals surface area contributed by atoms with E-state index in [-0.39, 0.29) is 18.9 Å². The fourth-order valence-corrected chi connectivity index (χ4v) is 2.40. The highest BCUT2D eigenvalue weighted by molar-refractivity contribution is 5.94. The molecule has 1 unspecified atom stereocenters. The standard InChI is InChI=1S/C16H19N3O6/c1-3-12-14(15(20)24-4-2)13(18-16(21)17-12)9-25-11-7-5-10(6-8-11)19(22)23/h5-8,12H,3-4,9H2,1-2H3,(H2,17,18,21). The number of ether oxygens (including phenoxy) is 2. The second kappa shape index (κ2) is 8.13. The number of carbonyl (C=O) groups excluding carboxylic acids is 2. The van der Waals surface area contributed by atoms with Crippen LogP contribution in [0.3, 0.4) is 0 Å². The summed E-state index contributed by atoms with van der Waals surface area (Å²) in [5.74, 6) is -0.147. The second-order valence-electron chi connectivity index (χ2n) is 5.21. The Morgan fingerprint density at radius 1 is 1.28 bits per heavy atom.